The highest BCUT2D eigenvalue weighted by molar-refractivity contribution is 5.30. The number of benzene rings is 2. The number of rotatable bonds is 5. The van der Waals surface area contributed by atoms with E-state index >= 15 is 0 Å². The van der Waals surface area contributed by atoms with E-state index in [1.807, 2.05) is 36.4 Å². The summed E-state index contributed by atoms with van der Waals surface area (Å²) in [6.45, 7) is 0.210. The van der Waals surface area contributed by atoms with Crippen LogP contribution < -0.4 is 0 Å². The summed E-state index contributed by atoms with van der Waals surface area (Å²) in [4.78, 5) is 0. The second kappa shape index (κ2) is 6.71. The summed E-state index contributed by atoms with van der Waals surface area (Å²) in [6, 6.07) is 20.3. The minimum Gasteiger partial charge on any atom is -0.458 e. The van der Waals surface area contributed by atoms with Gasteiger partial charge in [0.25, 0.3) is 0 Å². The Balaban J connectivity index is 1.44. The molecule has 1 unspecified atom stereocenters. The van der Waals surface area contributed by atoms with Crippen molar-refractivity contribution >= 4 is 0 Å². The van der Waals surface area contributed by atoms with Crippen molar-refractivity contribution in [3.63, 3.8) is 0 Å². The molecule has 1 atom stereocenters. The molecule has 4 nitrogen and oxygen atoms in total. The summed E-state index contributed by atoms with van der Waals surface area (Å²) in [5.41, 5.74) is 2.33. The van der Waals surface area contributed by atoms with Crippen molar-refractivity contribution in [1.29, 1.82) is 0 Å². The molecule has 24 heavy (non-hydrogen) atoms. The van der Waals surface area contributed by atoms with Crippen molar-refractivity contribution in [3.8, 4) is 0 Å². The van der Waals surface area contributed by atoms with Gasteiger partial charge in [0.05, 0.1) is 0 Å². The van der Waals surface area contributed by atoms with Crippen LogP contribution in [0.5, 0.6) is 0 Å². The Morgan fingerprint density at radius 3 is 2.29 bits per heavy atom. The lowest BCUT2D eigenvalue weighted by molar-refractivity contribution is -0.0333. The average molecular weight is 322 g/mol. The number of hydrogen-bond donors (Lipinski definition) is 0. The molecule has 0 aromatic heterocycles. The molecule has 2 aliphatic rings. The lowest BCUT2D eigenvalue weighted by Gasteiger charge is -2.12. The number of ether oxygens (including phenoxy) is 4. The number of allylic oxidation sites excluding steroid dienone is 1. The van der Waals surface area contributed by atoms with Gasteiger partial charge in [0.2, 0.25) is 24.6 Å². The maximum atomic E-state index is 5.89. The Morgan fingerprint density at radius 2 is 1.54 bits per heavy atom. The van der Waals surface area contributed by atoms with Crippen molar-refractivity contribution in [2.24, 2.45) is 0 Å². The van der Waals surface area contributed by atoms with E-state index in [1.165, 1.54) is 5.56 Å². The Morgan fingerprint density at radius 1 is 0.833 bits per heavy atom. The molecule has 0 bridgehead atoms. The minimum absolute atomic E-state index is 0.210. The predicted molar refractivity (Wildman–Crippen MR) is 88.4 cm³/mol. The lowest BCUT2D eigenvalue weighted by Crippen LogP contribution is -2.12. The fourth-order valence-corrected chi connectivity index (χ4v) is 2.76. The highest BCUT2D eigenvalue weighted by Crippen LogP contribution is 2.31. The van der Waals surface area contributed by atoms with Gasteiger partial charge in [-0.3, -0.25) is 0 Å². The second-order valence-electron chi connectivity index (χ2n) is 5.68. The molecule has 2 heterocycles. The standard InChI is InChI=1S/C20H18O4/c1-3-7-15(8-4-1)11-17-20(23-14-22-17)18-13-21-19(24-18)12-16-9-5-2-6-10-16/h1-10,13,19H,11-12,14H2. The summed E-state index contributed by atoms with van der Waals surface area (Å²) in [6.07, 6.45) is 2.63. The fraction of sp³-hybridized carbons (Fsp3) is 0.200. The molecule has 2 aromatic rings. The molecule has 0 amide bonds. The van der Waals surface area contributed by atoms with Gasteiger partial charge < -0.3 is 18.9 Å². The first kappa shape index (κ1) is 14.7. The molecule has 4 rings (SSSR count). The second-order valence-corrected chi connectivity index (χ2v) is 5.68. The minimum atomic E-state index is -0.336. The molecule has 0 aliphatic carbocycles. The molecule has 4 heteroatoms. The third-order valence-electron chi connectivity index (χ3n) is 3.95. The van der Waals surface area contributed by atoms with Gasteiger partial charge in [-0.05, 0) is 11.1 Å². The van der Waals surface area contributed by atoms with E-state index in [1.54, 1.807) is 6.26 Å². The molecule has 0 spiro atoms. The van der Waals surface area contributed by atoms with E-state index in [0.29, 0.717) is 24.4 Å². The van der Waals surface area contributed by atoms with Crippen LogP contribution >= 0.6 is 0 Å². The Bertz CT molecular complexity index is 750. The van der Waals surface area contributed by atoms with Crippen molar-refractivity contribution in [2.75, 3.05) is 6.79 Å². The summed E-state index contributed by atoms with van der Waals surface area (Å²) in [5.74, 6) is 2.00. The predicted octanol–water partition coefficient (Wildman–Crippen LogP) is 3.90. The van der Waals surface area contributed by atoms with Gasteiger partial charge in [-0.25, -0.2) is 0 Å². The van der Waals surface area contributed by atoms with Gasteiger partial charge in [0, 0.05) is 12.8 Å². The highest BCUT2D eigenvalue weighted by atomic mass is 16.7. The molecule has 0 N–H and O–H groups in total. The van der Waals surface area contributed by atoms with Crippen LogP contribution in [0.25, 0.3) is 0 Å². The molecule has 0 saturated heterocycles. The van der Waals surface area contributed by atoms with Crippen LogP contribution in [0, 0.1) is 0 Å². The van der Waals surface area contributed by atoms with Gasteiger partial charge in [-0.2, -0.15) is 0 Å². The van der Waals surface area contributed by atoms with Crippen molar-refractivity contribution in [3.05, 3.63) is 95.3 Å². The van der Waals surface area contributed by atoms with Crippen LogP contribution in [0.3, 0.4) is 0 Å². The highest BCUT2D eigenvalue weighted by Gasteiger charge is 2.29. The van der Waals surface area contributed by atoms with Crippen molar-refractivity contribution in [2.45, 2.75) is 19.1 Å². The van der Waals surface area contributed by atoms with E-state index in [0.717, 1.165) is 11.3 Å². The van der Waals surface area contributed by atoms with E-state index in [4.69, 9.17) is 18.9 Å². The molecule has 0 radical (unpaired) electrons. The largest absolute Gasteiger partial charge is 0.458 e. The molecular formula is C20H18O4. The van der Waals surface area contributed by atoms with Crippen LogP contribution in [-0.2, 0) is 31.8 Å². The Labute approximate surface area is 140 Å². The summed E-state index contributed by atoms with van der Waals surface area (Å²) in [7, 11) is 0. The lowest BCUT2D eigenvalue weighted by atomic mass is 10.1. The van der Waals surface area contributed by atoms with E-state index < -0.39 is 0 Å². The van der Waals surface area contributed by atoms with Crippen LogP contribution in [0.2, 0.25) is 0 Å². The van der Waals surface area contributed by atoms with Gasteiger partial charge in [0.15, 0.2) is 5.76 Å². The topological polar surface area (TPSA) is 36.9 Å². The first-order valence-electron chi connectivity index (χ1n) is 7.98. The molecule has 2 aliphatic heterocycles. The first-order valence-corrected chi connectivity index (χ1v) is 7.98. The Kier molecular flexibility index (Phi) is 4.11. The SMILES string of the molecule is C1=C(C2=C(Cc3ccccc3)OCO2)OC(Cc2ccccc2)O1. The maximum absolute atomic E-state index is 5.89. The van der Waals surface area contributed by atoms with Gasteiger partial charge in [-0.1, -0.05) is 60.7 Å². The van der Waals surface area contributed by atoms with Crippen molar-refractivity contribution in [1.82, 2.24) is 0 Å². The zero-order valence-electron chi connectivity index (χ0n) is 13.2. The monoisotopic (exact) mass is 322 g/mol. The zero-order valence-corrected chi connectivity index (χ0v) is 13.2. The van der Waals surface area contributed by atoms with Crippen LogP contribution in [0.4, 0.5) is 0 Å². The van der Waals surface area contributed by atoms with E-state index in [9.17, 15) is 0 Å². The smallest absolute Gasteiger partial charge is 0.244 e. The van der Waals surface area contributed by atoms with Gasteiger partial charge >= 0.3 is 0 Å². The summed E-state index contributed by atoms with van der Waals surface area (Å²) >= 11 is 0. The molecule has 2 aromatic carbocycles. The van der Waals surface area contributed by atoms with Gasteiger partial charge in [0.1, 0.15) is 6.26 Å². The van der Waals surface area contributed by atoms with Crippen LogP contribution in [0.1, 0.15) is 11.1 Å². The molecule has 0 saturated carbocycles. The average Bonchev–Trinajstić information content (AvgIpc) is 3.26. The number of hydrogen-bond acceptors (Lipinski definition) is 4. The van der Waals surface area contributed by atoms with E-state index in [2.05, 4.69) is 24.3 Å². The summed E-state index contributed by atoms with van der Waals surface area (Å²) in [5, 5.41) is 0. The third-order valence-corrected chi connectivity index (χ3v) is 3.95. The quantitative estimate of drug-likeness (QED) is 0.836. The van der Waals surface area contributed by atoms with Gasteiger partial charge in [-0.15, -0.1) is 0 Å². The van der Waals surface area contributed by atoms with Crippen molar-refractivity contribution < 1.29 is 18.9 Å². The van der Waals surface area contributed by atoms with Crippen LogP contribution in [0.15, 0.2) is 84.2 Å². The molecule has 0 fully saturated rings. The van der Waals surface area contributed by atoms with E-state index in [-0.39, 0.29) is 13.1 Å². The normalized spacial score (nSPS) is 19.2. The molecule has 122 valence electrons. The van der Waals surface area contributed by atoms with Crippen LogP contribution in [-0.4, -0.2) is 13.1 Å². The fourth-order valence-electron chi connectivity index (χ4n) is 2.76. The molecular weight excluding hydrogens is 304 g/mol. The zero-order chi connectivity index (χ0) is 16.2. The third kappa shape index (κ3) is 3.23. The maximum Gasteiger partial charge on any atom is 0.244 e. The first-order chi connectivity index (χ1) is 11.9. The summed E-state index contributed by atoms with van der Waals surface area (Å²) < 4.78 is 22.7. The Hall–Kier alpha value is -2.88.